The van der Waals surface area contributed by atoms with Crippen LogP contribution >= 0.6 is 11.6 Å². The van der Waals surface area contributed by atoms with Crippen LogP contribution in [0.15, 0.2) is 102 Å². The van der Waals surface area contributed by atoms with Gasteiger partial charge in [-0.05, 0) is 64.7 Å². The summed E-state index contributed by atoms with van der Waals surface area (Å²) in [4.78, 5) is 27.3. The van der Waals surface area contributed by atoms with Crippen LogP contribution in [-0.4, -0.2) is 23.9 Å². The van der Waals surface area contributed by atoms with Crippen molar-refractivity contribution in [2.24, 2.45) is 4.99 Å². The number of ether oxygens (including phenoxy) is 3. The highest BCUT2D eigenvalue weighted by atomic mass is 35.5. The fourth-order valence-corrected chi connectivity index (χ4v) is 4.23. The number of rotatable bonds is 8. The Bertz CT molecular complexity index is 1600. The Morgan fingerprint density at radius 1 is 0.949 bits per heavy atom. The number of carbonyl (C=O) groups excluding carboxylic acids is 1. The predicted octanol–water partition coefficient (Wildman–Crippen LogP) is 6.85. The number of cyclic esters (lactones) is 1. The first-order chi connectivity index (χ1) is 18.9. The number of methoxy groups -OCH3 is 1. The van der Waals surface area contributed by atoms with Gasteiger partial charge in [0.2, 0.25) is 5.90 Å². The molecule has 9 heteroatoms. The highest BCUT2D eigenvalue weighted by Gasteiger charge is 2.24. The zero-order valence-corrected chi connectivity index (χ0v) is 21.4. The Balaban J connectivity index is 1.34. The summed E-state index contributed by atoms with van der Waals surface area (Å²) in [5.74, 6) is 0.289. The first-order valence-electron chi connectivity index (χ1n) is 11.8. The minimum atomic E-state index is -0.578. The molecule has 1 aliphatic heterocycles. The van der Waals surface area contributed by atoms with E-state index in [4.69, 9.17) is 25.8 Å². The Morgan fingerprint density at radius 3 is 2.28 bits per heavy atom. The maximum absolute atomic E-state index is 12.5. The molecule has 39 heavy (non-hydrogen) atoms. The van der Waals surface area contributed by atoms with Crippen LogP contribution in [0, 0.1) is 10.1 Å². The Morgan fingerprint density at radius 2 is 1.62 bits per heavy atom. The lowest BCUT2D eigenvalue weighted by Crippen LogP contribution is -2.05. The molecule has 194 valence electrons. The van der Waals surface area contributed by atoms with Gasteiger partial charge in [0.05, 0.1) is 17.1 Å². The van der Waals surface area contributed by atoms with Crippen molar-refractivity contribution in [2.45, 2.75) is 6.61 Å². The number of benzene rings is 4. The first kappa shape index (κ1) is 25.7. The van der Waals surface area contributed by atoms with Gasteiger partial charge >= 0.3 is 5.97 Å². The van der Waals surface area contributed by atoms with E-state index in [0.717, 1.165) is 16.7 Å². The van der Waals surface area contributed by atoms with Gasteiger partial charge in [0.1, 0.15) is 6.61 Å². The molecule has 5 rings (SSSR count). The molecule has 4 aromatic rings. The predicted molar refractivity (Wildman–Crippen MR) is 148 cm³/mol. The third-order valence-corrected chi connectivity index (χ3v) is 6.23. The van der Waals surface area contributed by atoms with Crippen molar-refractivity contribution < 1.29 is 23.9 Å². The van der Waals surface area contributed by atoms with Gasteiger partial charge in [0.15, 0.2) is 17.2 Å². The van der Waals surface area contributed by atoms with Crippen molar-refractivity contribution in [3.63, 3.8) is 0 Å². The molecule has 0 bridgehead atoms. The van der Waals surface area contributed by atoms with Crippen LogP contribution in [-0.2, 0) is 16.1 Å². The molecule has 0 aliphatic carbocycles. The molecule has 0 atom stereocenters. The van der Waals surface area contributed by atoms with Crippen molar-refractivity contribution in [2.75, 3.05) is 7.11 Å². The fourth-order valence-electron chi connectivity index (χ4n) is 3.96. The summed E-state index contributed by atoms with van der Waals surface area (Å²) in [7, 11) is 1.47. The van der Waals surface area contributed by atoms with Gasteiger partial charge in [-0.2, -0.15) is 0 Å². The van der Waals surface area contributed by atoms with Crippen LogP contribution in [0.3, 0.4) is 0 Å². The Kier molecular flexibility index (Phi) is 7.38. The van der Waals surface area contributed by atoms with E-state index in [1.165, 1.54) is 19.2 Å². The summed E-state index contributed by atoms with van der Waals surface area (Å²) < 4.78 is 16.7. The molecule has 0 spiro atoms. The van der Waals surface area contributed by atoms with E-state index in [1.54, 1.807) is 30.3 Å². The van der Waals surface area contributed by atoms with Gasteiger partial charge < -0.3 is 14.2 Å². The summed E-state index contributed by atoms with van der Waals surface area (Å²) in [6, 6.07) is 26.9. The lowest BCUT2D eigenvalue weighted by atomic mass is 10.0. The molecule has 0 saturated heterocycles. The molecule has 0 fully saturated rings. The molecule has 8 nitrogen and oxygen atoms in total. The Labute approximate surface area is 228 Å². The van der Waals surface area contributed by atoms with Crippen LogP contribution in [0.4, 0.5) is 5.69 Å². The second kappa shape index (κ2) is 11.2. The molecule has 0 amide bonds. The van der Waals surface area contributed by atoms with E-state index < -0.39 is 10.9 Å². The lowest BCUT2D eigenvalue weighted by Gasteiger charge is -2.13. The second-order valence-corrected chi connectivity index (χ2v) is 8.93. The number of nitro benzene ring substituents is 1. The van der Waals surface area contributed by atoms with Gasteiger partial charge in [0, 0.05) is 17.7 Å². The average molecular weight is 541 g/mol. The summed E-state index contributed by atoms with van der Waals surface area (Å²) in [6.45, 7) is 0.123. The minimum absolute atomic E-state index is 0.00721. The molecule has 1 heterocycles. The highest BCUT2D eigenvalue weighted by Crippen LogP contribution is 2.38. The summed E-state index contributed by atoms with van der Waals surface area (Å²) in [5.41, 5.74) is 4.20. The number of esters is 1. The van der Waals surface area contributed by atoms with Gasteiger partial charge in [0.25, 0.3) is 5.69 Å². The zero-order valence-electron chi connectivity index (χ0n) is 20.7. The van der Waals surface area contributed by atoms with Crippen LogP contribution in [0.5, 0.6) is 11.5 Å². The first-order valence-corrected chi connectivity index (χ1v) is 12.2. The van der Waals surface area contributed by atoms with Crippen LogP contribution in [0.25, 0.3) is 17.2 Å². The van der Waals surface area contributed by atoms with Gasteiger partial charge in [-0.1, -0.05) is 54.1 Å². The van der Waals surface area contributed by atoms with E-state index in [9.17, 15) is 14.9 Å². The van der Waals surface area contributed by atoms with E-state index >= 15 is 0 Å². The molecule has 0 aromatic heterocycles. The van der Waals surface area contributed by atoms with Crippen LogP contribution in [0.2, 0.25) is 5.02 Å². The third kappa shape index (κ3) is 5.81. The van der Waals surface area contributed by atoms with Crippen molar-refractivity contribution in [3.05, 3.63) is 129 Å². The molecule has 4 aromatic carbocycles. The molecule has 0 unspecified atom stereocenters. The average Bonchev–Trinajstić information content (AvgIpc) is 3.32. The van der Waals surface area contributed by atoms with E-state index in [2.05, 4.69) is 4.99 Å². The second-order valence-electron chi connectivity index (χ2n) is 8.53. The third-order valence-electron chi connectivity index (χ3n) is 5.94. The zero-order chi connectivity index (χ0) is 27.4. The van der Waals surface area contributed by atoms with Crippen molar-refractivity contribution >= 4 is 35.2 Å². The van der Waals surface area contributed by atoms with Gasteiger partial charge in [-0.15, -0.1) is 0 Å². The number of carbonyl (C=O) groups is 1. The largest absolute Gasteiger partial charge is 0.493 e. The molecular formula is C30H21ClN2O6. The Hall–Kier alpha value is -4.95. The van der Waals surface area contributed by atoms with Crippen LogP contribution in [0.1, 0.15) is 16.7 Å². The van der Waals surface area contributed by atoms with E-state index in [-0.39, 0.29) is 28.9 Å². The van der Waals surface area contributed by atoms with Crippen molar-refractivity contribution in [1.82, 2.24) is 0 Å². The lowest BCUT2D eigenvalue weighted by molar-refractivity contribution is -0.384. The number of aliphatic imine (C=N–C) groups is 1. The quantitative estimate of drug-likeness (QED) is 0.105. The number of nitrogens with zero attached hydrogens (tertiary/aromatic N) is 2. The normalized spacial score (nSPS) is 13.6. The van der Waals surface area contributed by atoms with Gasteiger partial charge in [-0.25, -0.2) is 9.79 Å². The smallest absolute Gasteiger partial charge is 0.363 e. The van der Waals surface area contributed by atoms with Gasteiger partial charge in [-0.3, -0.25) is 10.1 Å². The van der Waals surface area contributed by atoms with E-state index in [1.807, 2.05) is 54.6 Å². The summed E-state index contributed by atoms with van der Waals surface area (Å²) in [6.07, 6.45) is 1.56. The number of halogens is 1. The molecule has 1 aliphatic rings. The molecule has 0 radical (unpaired) electrons. The standard InChI is InChI=1S/C30H21ClN2O6/c1-37-27-17-20(15-25(31)28(27)38-18-19-7-13-24(14-8-19)33(35)36)16-26-30(34)39-29(32-26)23-11-9-22(10-12-23)21-5-3-2-4-6-21/h2-17H,18H2,1H3/b26-16-. The number of hydrogen-bond donors (Lipinski definition) is 0. The number of nitro groups is 1. The summed E-state index contributed by atoms with van der Waals surface area (Å²) >= 11 is 6.48. The maximum atomic E-state index is 12.5. The molecule has 0 saturated carbocycles. The number of hydrogen-bond acceptors (Lipinski definition) is 7. The number of non-ortho nitro benzene ring substituents is 1. The SMILES string of the molecule is COc1cc(/C=C2\N=C(c3ccc(-c4ccccc4)cc3)OC2=O)cc(Cl)c1OCc1ccc([N+](=O)[O-])cc1. The van der Waals surface area contributed by atoms with Crippen molar-refractivity contribution in [1.29, 1.82) is 0 Å². The topological polar surface area (TPSA) is 100 Å². The maximum Gasteiger partial charge on any atom is 0.363 e. The molecular weight excluding hydrogens is 520 g/mol. The van der Waals surface area contributed by atoms with Crippen molar-refractivity contribution in [3.8, 4) is 22.6 Å². The fraction of sp³-hybridized carbons (Fsp3) is 0.0667. The van der Waals surface area contributed by atoms with E-state index in [0.29, 0.717) is 22.6 Å². The van der Waals surface area contributed by atoms with Crippen LogP contribution < -0.4 is 9.47 Å². The monoisotopic (exact) mass is 540 g/mol. The molecule has 0 N–H and O–H groups in total. The minimum Gasteiger partial charge on any atom is -0.493 e. The summed E-state index contributed by atoms with van der Waals surface area (Å²) in [5, 5.41) is 11.1. The highest BCUT2D eigenvalue weighted by molar-refractivity contribution is 6.32.